The maximum atomic E-state index is 11.6. The molecule has 226 valence electrons. The number of hydrogen-bond donors (Lipinski definition) is 3. The Kier molecular flexibility index (Phi) is 11.0. The number of methoxy groups -OCH3 is 2. The molecule has 12 nitrogen and oxygen atoms in total. The number of ether oxygens (including phenoxy) is 4. The molecule has 2 heterocycles. The summed E-state index contributed by atoms with van der Waals surface area (Å²) in [7, 11) is 4.82. The van der Waals surface area contributed by atoms with Crippen LogP contribution in [0.5, 0.6) is 17.2 Å². The van der Waals surface area contributed by atoms with Gasteiger partial charge in [0.15, 0.2) is 6.61 Å². The van der Waals surface area contributed by atoms with E-state index >= 15 is 0 Å². The van der Waals surface area contributed by atoms with E-state index in [-0.39, 0.29) is 12.5 Å². The molecule has 1 fully saturated rings. The minimum absolute atomic E-state index is 0.0639. The van der Waals surface area contributed by atoms with Crippen LogP contribution in [0.25, 0.3) is 0 Å². The fourth-order valence-corrected chi connectivity index (χ4v) is 4.39. The Morgan fingerprint density at radius 3 is 2.36 bits per heavy atom. The molecular formula is C30H41N7O5. The summed E-state index contributed by atoms with van der Waals surface area (Å²) >= 11 is 0. The van der Waals surface area contributed by atoms with Gasteiger partial charge < -0.3 is 39.8 Å². The van der Waals surface area contributed by atoms with Gasteiger partial charge in [-0.25, -0.2) is 0 Å². The zero-order chi connectivity index (χ0) is 29.9. The van der Waals surface area contributed by atoms with Gasteiger partial charge in [-0.2, -0.15) is 15.0 Å². The molecule has 1 saturated heterocycles. The number of morpholine rings is 1. The van der Waals surface area contributed by atoms with E-state index < -0.39 is 6.04 Å². The van der Waals surface area contributed by atoms with Crippen molar-refractivity contribution in [3.8, 4) is 17.2 Å². The summed E-state index contributed by atoms with van der Waals surface area (Å²) < 4.78 is 22.4. The number of carbonyl (C=O) groups is 1. The number of likely N-dealkylation sites (N-methyl/N-ethyl adjacent to an activating group) is 1. The van der Waals surface area contributed by atoms with Crippen LogP contribution in [0.3, 0.4) is 0 Å². The minimum atomic E-state index is -0.401. The van der Waals surface area contributed by atoms with E-state index in [2.05, 4.69) is 34.7 Å². The second-order valence-corrected chi connectivity index (χ2v) is 10.2. The summed E-state index contributed by atoms with van der Waals surface area (Å²) in [4.78, 5) is 28.0. The first-order chi connectivity index (χ1) is 20.4. The summed E-state index contributed by atoms with van der Waals surface area (Å²) in [5, 5.41) is 9.46. The molecule has 3 aromatic rings. The monoisotopic (exact) mass is 579 g/mol. The van der Waals surface area contributed by atoms with Gasteiger partial charge in [-0.1, -0.05) is 26.0 Å². The van der Waals surface area contributed by atoms with Gasteiger partial charge in [0, 0.05) is 38.3 Å². The van der Waals surface area contributed by atoms with Crippen LogP contribution in [0.1, 0.15) is 37.4 Å². The third-order valence-corrected chi connectivity index (χ3v) is 6.81. The molecule has 1 amide bonds. The van der Waals surface area contributed by atoms with E-state index in [4.69, 9.17) is 33.9 Å². The maximum absolute atomic E-state index is 11.6. The molecule has 3 N–H and O–H groups in total. The van der Waals surface area contributed by atoms with Gasteiger partial charge in [-0.3, -0.25) is 4.79 Å². The average molecular weight is 580 g/mol. The lowest BCUT2D eigenvalue weighted by Crippen LogP contribution is -2.37. The molecule has 1 aliphatic rings. The first kappa shape index (κ1) is 30.6. The molecule has 0 bridgehead atoms. The molecular weight excluding hydrogens is 538 g/mol. The van der Waals surface area contributed by atoms with Crippen molar-refractivity contribution in [2.75, 3.05) is 76.3 Å². The van der Waals surface area contributed by atoms with E-state index in [9.17, 15) is 4.79 Å². The van der Waals surface area contributed by atoms with Crippen LogP contribution < -0.4 is 35.1 Å². The number of nitrogens with zero attached hydrogens (tertiary/aromatic N) is 4. The van der Waals surface area contributed by atoms with Crippen molar-refractivity contribution in [3.05, 3.63) is 53.6 Å². The van der Waals surface area contributed by atoms with Crippen LogP contribution in [0.2, 0.25) is 0 Å². The molecule has 0 spiro atoms. The van der Waals surface area contributed by atoms with Gasteiger partial charge in [-0.05, 0) is 42.2 Å². The normalized spacial score (nSPS) is 13.8. The van der Waals surface area contributed by atoms with Crippen molar-refractivity contribution >= 4 is 23.8 Å². The Morgan fingerprint density at radius 2 is 1.69 bits per heavy atom. The van der Waals surface area contributed by atoms with Crippen molar-refractivity contribution in [3.63, 3.8) is 0 Å². The zero-order valence-corrected chi connectivity index (χ0v) is 25.0. The molecule has 12 heteroatoms. The first-order valence-electron chi connectivity index (χ1n) is 14.1. The van der Waals surface area contributed by atoms with Gasteiger partial charge in [0.25, 0.3) is 5.91 Å². The Bertz CT molecular complexity index is 1300. The Balaban J connectivity index is 1.70. The van der Waals surface area contributed by atoms with Crippen molar-refractivity contribution in [1.29, 1.82) is 0 Å². The van der Waals surface area contributed by atoms with Crippen LogP contribution in [0, 0.1) is 5.92 Å². The summed E-state index contributed by atoms with van der Waals surface area (Å²) in [5.74, 6) is 3.75. The molecule has 0 radical (unpaired) electrons. The highest BCUT2D eigenvalue weighted by atomic mass is 16.5. The molecule has 42 heavy (non-hydrogen) atoms. The van der Waals surface area contributed by atoms with Gasteiger partial charge in [-0.15, -0.1) is 0 Å². The lowest BCUT2D eigenvalue weighted by molar-refractivity contribution is -0.122. The molecule has 1 unspecified atom stereocenters. The average Bonchev–Trinajstić information content (AvgIpc) is 3.02. The zero-order valence-electron chi connectivity index (χ0n) is 25.0. The van der Waals surface area contributed by atoms with Crippen LogP contribution in [-0.2, 0) is 9.53 Å². The number of nitrogens with one attached hydrogen (secondary N) is 3. The summed E-state index contributed by atoms with van der Waals surface area (Å²) in [6.45, 7) is 7.67. The lowest BCUT2D eigenvalue weighted by Gasteiger charge is -2.28. The Morgan fingerprint density at radius 1 is 0.976 bits per heavy atom. The summed E-state index contributed by atoms with van der Waals surface area (Å²) in [6, 6.07) is 12.8. The SMILES string of the molecule is CNC(=O)COc1ccc(C(Nc2nc(NCCC(C)C)nc(N3CCOCC3)n2)c2ccc(OC)cc2OC)cc1. The Labute approximate surface area is 247 Å². The smallest absolute Gasteiger partial charge is 0.257 e. The van der Waals surface area contributed by atoms with Gasteiger partial charge >= 0.3 is 0 Å². The van der Waals surface area contributed by atoms with Gasteiger partial charge in [0.2, 0.25) is 17.8 Å². The van der Waals surface area contributed by atoms with E-state index in [1.165, 1.54) is 0 Å². The molecule has 1 aromatic heterocycles. The maximum Gasteiger partial charge on any atom is 0.257 e. The highest BCUT2D eigenvalue weighted by molar-refractivity contribution is 5.77. The number of anilines is 3. The second kappa shape index (κ2) is 15.1. The highest BCUT2D eigenvalue weighted by Crippen LogP contribution is 2.36. The van der Waals surface area contributed by atoms with Gasteiger partial charge in [0.05, 0.1) is 33.5 Å². The number of carbonyl (C=O) groups excluding carboxylic acids is 1. The number of hydrogen-bond acceptors (Lipinski definition) is 11. The van der Waals surface area contributed by atoms with E-state index in [1.54, 1.807) is 21.3 Å². The molecule has 1 atom stereocenters. The van der Waals surface area contributed by atoms with E-state index in [1.807, 2.05) is 42.5 Å². The first-order valence-corrected chi connectivity index (χ1v) is 14.1. The van der Waals surface area contributed by atoms with Crippen LogP contribution in [-0.4, -0.2) is 81.6 Å². The predicted octanol–water partition coefficient (Wildman–Crippen LogP) is 3.51. The van der Waals surface area contributed by atoms with Crippen molar-refractivity contribution in [2.45, 2.75) is 26.3 Å². The molecule has 0 aliphatic carbocycles. The summed E-state index contributed by atoms with van der Waals surface area (Å²) in [6.07, 6.45) is 0.987. The largest absolute Gasteiger partial charge is 0.497 e. The number of aromatic nitrogens is 3. The van der Waals surface area contributed by atoms with Crippen LogP contribution >= 0.6 is 0 Å². The number of rotatable bonds is 14. The van der Waals surface area contributed by atoms with Gasteiger partial charge in [0.1, 0.15) is 17.2 Å². The van der Waals surface area contributed by atoms with Crippen molar-refractivity contribution in [1.82, 2.24) is 20.3 Å². The Hall–Kier alpha value is -4.32. The van der Waals surface area contributed by atoms with Crippen molar-refractivity contribution in [2.24, 2.45) is 5.92 Å². The quantitative estimate of drug-likeness (QED) is 0.259. The van der Waals surface area contributed by atoms with Crippen LogP contribution in [0.15, 0.2) is 42.5 Å². The second-order valence-electron chi connectivity index (χ2n) is 10.2. The third kappa shape index (κ3) is 8.35. The van der Waals surface area contributed by atoms with Crippen LogP contribution in [0.4, 0.5) is 17.8 Å². The molecule has 4 rings (SSSR count). The predicted molar refractivity (Wildman–Crippen MR) is 162 cm³/mol. The fourth-order valence-electron chi connectivity index (χ4n) is 4.39. The number of benzene rings is 2. The lowest BCUT2D eigenvalue weighted by atomic mass is 9.97. The van der Waals surface area contributed by atoms with Crippen molar-refractivity contribution < 1.29 is 23.7 Å². The highest BCUT2D eigenvalue weighted by Gasteiger charge is 2.23. The topological polar surface area (TPSA) is 132 Å². The minimum Gasteiger partial charge on any atom is -0.497 e. The number of amides is 1. The van der Waals surface area contributed by atoms with E-state index in [0.717, 1.165) is 24.1 Å². The third-order valence-electron chi connectivity index (χ3n) is 6.81. The fraction of sp³-hybridized carbons (Fsp3) is 0.467. The van der Waals surface area contributed by atoms with E-state index in [0.29, 0.717) is 67.3 Å². The molecule has 2 aromatic carbocycles. The summed E-state index contributed by atoms with van der Waals surface area (Å²) in [5.41, 5.74) is 1.77. The molecule has 0 saturated carbocycles. The molecule has 1 aliphatic heterocycles. The standard InChI is InChI=1S/C30H41N7O5/c1-20(2)12-13-32-28-34-29(36-30(35-28)37-14-16-41-17-15-37)33-27(24-11-10-23(39-4)18-25(24)40-5)21-6-8-22(9-7-21)42-19-26(38)31-3/h6-11,18,20,27H,12-17,19H2,1-5H3,(H,31,38)(H2,32,33,34,35,36).